The van der Waals surface area contributed by atoms with Crippen molar-refractivity contribution >= 4 is 0 Å². The van der Waals surface area contributed by atoms with Crippen LogP contribution in [0.2, 0.25) is 0 Å². The first-order valence-corrected chi connectivity index (χ1v) is 6.62. The fourth-order valence-electron chi connectivity index (χ4n) is 2.58. The Kier molecular flexibility index (Phi) is 5.85. The number of hydrogen-bond donors (Lipinski definition) is 0. The van der Waals surface area contributed by atoms with Crippen molar-refractivity contribution in [2.45, 2.75) is 59.1 Å². The standard InChI is InChI=1S/C10F20O2/c11-1(5(17,18)9(25,26)31-29)2(12,6(19,20)10(27,28)32-30)4(15,16)8(23,24)7(21,22)3(1,13)14. The Morgan fingerprint density at radius 1 is 0.375 bits per heavy atom. The topological polar surface area (TPSA) is 18.5 Å². The van der Waals surface area contributed by atoms with Crippen LogP contribution in [-0.4, -0.2) is 59.1 Å². The second-order valence-corrected chi connectivity index (χ2v) is 5.95. The summed E-state index contributed by atoms with van der Waals surface area (Å²) in [5.41, 5.74) is -18.7. The van der Waals surface area contributed by atoms with Gasteiger partial charge in [0.2, 0.25) is 0 Å². The largest absolute Gasteiger partial charge is 0.453 e. The van der Waals surface area contributed by atoms with Crippen molar-refractivity contribution in [1.82, 2.24) is 0 Å². The normalized spacial score (nSPS) is 32.6. The van der Waals surface area contributed by atoms with Gasteiger partial charge in [-0.05, 0) is 9.05 Å². The van der Waals surface area contributed by atoms with E-state index in [9.17, 15) is 88.1 Å². The van der Waals surface area contributed by atoms with Gasteiger partial charge in [-0.3, -0.25) is 0 Å². The highest BCUT2D eigenvalue weighted by molar-refractivity contribution is 5.37. The Morgan fingerprint density at radius 2 is 0.562 bits per heavy atom. The van der Waals surface area contributed by atoms with E-state index in [4.69, 9.17) is 0 Å². The summed E-state index contributed by atoms with van der Waals surface area (Å²) in [6.07, 6.45) is -16.0. The molecule has 192 valence electrons. The second-order valence-electron chi connectivity index (χ2n) is 5.95. The van der Waals surface area contributed by atoms with Gasteiger partial charge in [0.05, 0.1) is 0 Å². The lowest BCUT2D eigenvalue weighted by molar-refractivity contribution is -0.556. The molecule has 32 heavy (non-hydrogen) atoms. The average Bonchev–Trinajstić information content (AvgIpc) is 2.64. The third-order valence-electron chi connectivity index (χ3n) is 4.31. The van der Waals surface area contributed by atoms with Crippen LogP contribution in [-0.2, 0) is 9.88 Å². The minimum Gasteiger partial charge on any atom is -0.226 e. The molecular formula is C10F20O2. The lowest BCUT2D eigenvalue weighted by Crippen LogP contribution is -2.94. The molecule has 2 unspecified atom stereocenters. The van der Waals surface area contributed by atoms with Crippen molar-refractivity contribution in [2.75, 3.05) is 0 Å². The molecule has 2 nitrogen and oxygen atoms in total. The van der Waals surface area contributed by atoms with Crippen molar-refractivity contribution in [2.24, 2.45) is 0 Å². The van der Waals surface area contributed by atoms with Gasteiger partial charge in [0.1, 0.15) is 0 Å². The van der Waals surface area contributed by atoms with Crippen molar-refractivity contribution in [3.05, 3.63) is 0 Å². The van der Waals surface area contributed by atoms with Crippen LogP contribution in [0.15, 0.2) is 0 Å². The molecule has 0 bridgehead atoms. The van der Waals surface area contributed by atoms with E-state index in [2.05, 4.69) is 0 Å². The highest BCUT2D eigenvalue weighted by atomic mass is 19.4. The zero-order chi connectivity index (χ0) is 26.4. The van der Waals surface area contributed by atoms with E-state index < -0.39 is 59.1 Å². The van der Waals surface area contributed by atoms with Crippen LogP contribution in [0.5, 0.6) is 0 Å². The lowest BCUT2D eigenvalue weighted by atomic mass is 9.60. The summed E-state index contributed by atoms with van der Waals surface area (Å²) in [4.78, 5) is 1.56. The number of halogens is 20. The highest BCUT2D eigenvalue weighted by Crippen LogP contribution is 2.77. The minimum atomic E-state index is -9.33. The smallest absolute Gasteiger partial charge is 0.226 e. The fraction of sp³-hybridized carbons (Fsp3) is 1.00. The van der Waals surface area contributed by atoms with Gasteiger partial charge in [0.25, 0.3) is 11.3 Å². The Balaban J connectivity index is 4.50. The van der Waals surface area contributed by atoms with E-state index in [0.29, 0.717) is 0 Å². The summed E-state index contributed by atoms with van der Waals surface area (Å²) in [6.45, 7) is 0. The molecule has 0 aliphatic heterocycles. The molecule has 22 heteroatoms. The molecular weight excluding hydrogens is 532 g/mol. The zero-order valence-electron chi connectivity index (χ0n) is 13.4. The Morgan fingerprint density at radius 3 is 0.719 bits per heavy atom. The van der Waals surface area contributed by atoms with E-state index in [1.165, 1.54) is 0 Å². The molecule has 0 radical (unpaired) electrons. The maximum absolute atomic E-state index is 14.5. The van der Waals surface area contributed by atoms with Crippen LogP contribution in [0.1, 0.15) is 0 Å². The first-order valence-electron chi connectivity index (χ1n) is 6.62. The van der Waals surface area contributed by atoms with Gasteiger partial charge in [0.15, 0.2) is 0 Å². The Labute approximate surface area is 158 Å². The van der Waals surface area contributed by atoms with Crippen LogP contribution < -0.4 is 0 Å². The molecule has 0 N–H and O–H groups in total. The first kappa shape index (κ1) is 28.6. The van der Waals surface area contributed by atoms with Gasteiger partial charge < -0.3 is 0 Å². The molecule has 1 aliphatic carbocycles. The highest BCUT2D eigenvalue weighted by Gasteiger charge is 3.11. The number of alkyl halides is 18. The first-order chi connectivity index (χ1) is 13.6. The van der Waals surface area contributed by atoms with Crippen LogP contribution in [0.4, 0.5) is 88.1 Å². The Bertz CT molecular complexity index is 683. The van der Waals surface area contributed by atoms with E-state index in [1.54, 1.807) is 0 Å². The van der Waals surface area contributed by atoms with E-state index >= 15 is 0 Å². The number of hydrogen-bond acceptors (Lipinski definition) is 2. The summed E-state index contributed by atoms with van der Waals surface area (Å²) >= 11 is 0. The summed E-state index contributed by atoms with van der Waals surface area (Å²) in [5, 5.41) is 0. The maximum atomic E-state index is 14.5. The Hall–Kier alpha value is -1.48. The number of rotatable bonds is 6. The molecule has 0 aromatic rings. The van der Waals surface area contributed by atoms with Gasteiger partial charge in [0, 0.05) is 0 Å². The van der Waals surface area contributed by atoms with E-state index in [1.807, 2.05) is 0 Å². The second kappa shape index (κ2) is 6.56. The van der Waals surface area contributed by atoms with Crippen LogP contribution in [0.25, 0.3) is 0 Å². The zero-order valence-corrected chi connectivity index (χ0v) is 13.4. The van der Waals surface area contributed by atoms with Crippen LogP contribution >= 0.6 is 0 Å². The van der Waals surface area contributed by atoms with Gasteiger partial charge in [-0.15, -0.1) is 9.88 Å². The molecule has 0 aromatic carbocycles. The minimum absolute atomic E-state index is 0.782. The van der Waals surface area contributed by atoms with Gasteiger partial charge >= 0.3 is 47.8 Å². The fourth-order valence-corrected chi connectivity index (χ4v) is 2.58. The molecule has 1 aliphatic rings. The molecule has 2 atom stereocenters. The van der Waals surface area contributed by atoms with Crippen LogP contribution in [0.3, 0.4) is 0 Å². The molecule has 0 saturated heterocycles. The SMILES string of the molecule is FOC(F)(F)C(F)(F)C1(F)C(F)(F)C(F)(F)C(F)(F)C(F)(F)C1(F)C(F)(F)C(F)(F)OF. The quantitative estimate of drug-likeness (QED) is 0.379. The summed E-state index contributed by atoms with van der Waals surface area (Å²) in [5.74, 6) is -52.8. The molecule has 1 fully saturated rings. The van der Waals surface area contributed by atoms with Crippen molar-refractivity contribution < 1.29 is 98.0 Å². The van der Waals surface area contributed by atoms with Gasteiger partial charge in [-0.1, -0.05) is 0 Å². The molecule has 1 saturated carbocycles. The van der Waals surface area contributed by atoms with Crippen molar-refractivity contribution in [3.8, 4) is 0 Å². The average molecular weight is 532 g/mol. The lowest BCUT2D eigenvalue weighted by Gasteiger charge is -2.58. The summed E-state index contributed by atoms with van der Waals surface area (Å²) in [7, 11) is 0. The summed E-state index contributed by atoms with van der Waals surface area (Å²) in [6, 6.07) is 0. The van der Waals surface area contributed by atoms with Crippen molar-refractivity contribution in [1.29, 1.82) is 0 Å². The molecule has 0 spiro atoms. The predicted octanol–water partition coefficient (Wildman–Crippen LogP) is 6.22. The summed E-state index contributed by atoms with van der Waals surface area (Å²) < 4.78 is 265. The van der Waals surface area contributed by atoms with E-state index in [0.717, 1.165) is 9.88 Å². The van der Waals surface area contributed by atoms with Crippen molar-refractivity contribution in [3.63, 3.8) is 0 Å². The third-order valence-corrected chi connectivity index (χ3v) is 4.31. The molecule has 0 amide bonds. The maximum Gasteiger partial charge on any atom is 0.453 e. The molecule has 1 rings (SSSR count). The third kappa shape index (κ3) is 2.42. The molecule has 0 aromatic heterocycles. The van der Waals surface area contributed by atoms with Crippen LogP contribution in [0, 0.1) is 0 Å². The van der Waals surface area contributed by atoms with Gasteiger partial charge in [-0.2, -0.15) is 70.2 Å². The predicted molar refractivity (Wildman–Crippen MR) is 51.6 cm³/mol. The van der Waals surface area contributed by atoms with E-state index in [-0.39, 0.29) is 0 Å². The van der Waals surface area contributed by atoms with Gasteiger partial charge in [-0.25, -0.2) is 8.78 Å². The monoisotopic (exact) mass is 532 g/mol. The molecule has 0 heterocycles.